The number of halogens is 2. The van der Waals surface area contributed by atoms with E-state index in [2.05, 4.69) is 15.4 Å². The molecule has 0 aliphatic heterocycles. The smallest absolute Gasteiger partial charge is 0.188 e. The normalized spacial score (nSPS) is 12.5. The number of rotatable bonds is 7. The van der Waals surface area contributed by atoms with Crippen molar-refractivity contribution < 1.29 is 9.13 Å². The third-order valence-corrected chi connectivity index (χ3v) is 3.20. The fourth-order valence-corrected chi connectivity index (χ4v) is 2.11. The van der Waals surface area contributed by atoms with Crippen LogP contribution in [0.25, 0.3) is 5.69 Å². The number of hydrogen-bond donors (Lipinski definition) is 2. The standard InChI is InChI=1S/C16H22FN5O.HI/c1-12(11-23-2)20-16(18)19-9-7-14-8-10-22(21-14)15-5-3-13(17)4-6-15;/h3-6,8,10,12H,7,9,11H2,1-2H3,(H3,18,19,20);1H. The summed E-state index contributed by atoms with van der Waals surface area (Å²) < 4.78 is 19.6. The lowest BCUT2D eigenvalue weighted by atomic mass is 10.3. The Morgan fingerprint density at radius 3 is 2.75 bits per heavy atom. The summed E-state index contributed by atoms with van der Waals surface area (Å²) in [5, 5.41) is 7.49. The molecule has 3 N–H and O–H groups in total. The highest BCUT2D eigenvalue weighted by Crippen LogP contribution is 2.09. The SMILES string of the molecule is COCC(C)NC(N)=NCCc1ccn(-c2ccc(F)cc2)n1.I. The molecule has 24 heavy (non-hydrogen) atoms. The highest BCUT2D eigenvalue weighted by molar-refractivity contribution is 14.0. The van der Waals surface area contributed by atoms with Gasteiger partial charge >= 0.3 is 0 Å². The molecule has 0 saturated carbocycles. The maximum absolute atomic E-state index is 12.9. The lowest BCUT2D eigenvalue weighted by Crippen LogP contribution is -2.40. The highest BCUT2D eigenvalue weighted by atomic mass is 127. The molecule has 0 aliphatic carbocycles. The molecule has 0 radical (unpaired) electrons. The number of aliphatic imine (C=N–C) groups is 1. The molecule has 1 heterocycles. The Hall–Kier alpha value is -1.68. The molecule has 0 aliphatic rings. The maximum atomic E-state index is 12.9. The monoisotopic (exact) mass is 447 g/mol. The van der Waals surface area contributed by atoms with Crippen molar-refractivity contribution in [3.05, 3.63) is 48.0 Å². The van der Waals surface area contributed by atoms with Gasteiger partial charge in [0, 0.05) is 32.3 Å². The molecule has 1 unspecified atom stereocenters. The van der Waals surface area contributed by atoms with Crippen molar-refractivity contribution in [1.29, 1.82) is 0 Å². The van der Waals surface area contributed by atoms with Gasteiger partial charge in [-0.05, 0) is 37.3 Å². The molecular weight excluding hydrogens is 424 g/mol. The Morgan fingerprint density at radius 2 is 2.08 bits per heavy atom. The predicted molar refractivity (Wildman–Crippen MR) is 104 cm³/mol. The van der Waals surface area contributed by atoms with Crippen LogP contribution in [0.5, 0.6) is 0 Å². The van der Waals surface area contributed by atoms with E-state index in [1.54, 1.807) is 23.9 Å². The molecule has 0 spiro atoms. The molecule has 2 rings (SSSR count). The van der Waals surface area contributed by atoms with Crippen LogP contribution >= 0.6 is 24.0 Å². The summed E-state index contributed by atoms with van der Waals surface area (Å²) in [5.74, 6) is 0.133. The van der Waals surface area contributed by atoms with Crippen LogP contribution in [0.3, 0.4) is 0 Å². The fourth-order valence-electron chi connectivity index (χ4n) is 2.11. The minimum Gasteiger partial charge on any atom is -0.383 e. The van der Waals surface area contributed by atoms with E-state index in [0.29, 0.717) is 25.5 Å². The number of hydrogen-bond acceptors (Lipinski definition) is 3. The first-order chi connectivity index (χ1) is 11.1. The number of methoxy groups -OCH3 is 1. The third kappa shape index (κ3) is 6.44. The minimum absolute atomic E-state index is 0. The van der Waals surface area contributed by atoms with E-state index < -0.39 is 0 Å². The van der Waals surface area contributed by atoms with Crippen molar-refractivity contribution in [3.8, 4) is 5.69 Å². The largest absolute Gasteiger partial charge is 0.383 e. The predicted octanol–water partition coefficient (Wildman–Crippen LogP) is 2.11. The summed E-state index contributed by atoms with van der Waals surface area (Å²) in [6, 6.07) is 8.22. The molecule has 0 saturated heterocycles. The van der Waals surface area contributed by atoms with Gasteiger partial charge in [-0.3, -0.25) is 4.99 Å². The molecule has 0 bridgehead atoms. The molecule has 1 atom stereocenters. The van der Waals surface area contributed by atoms with E-state index >= 15 is 0 Å². The number of nitrogens with zero attached hydrogens (tertiary/aromatic N) is 3. The number of benzene rings is 1. The zero-order chi connectivity index (χ0) is 16.7. The zero-order valence-corrected chi connectivity index (χ0v) is 16.1. The maximum Gasteiger partial charge on any atom is 0.188 e. The van der Waals surface area contributed by atoms with Gasteiger partial charge in [0.2, 0.25) is 0 Å². The van der Waals surface area contributed by atoms with Crippen LogP contribution in [0.1, 0.15) is 12.6 Å². The van der Waals surface area contributed by atoms with Crippen molar-refractivity contribution in [2.45, 2.75) is 19.4 Å². The fraction of sp³-hybridized carbons (Fsp3) is 0.375. The molecule has 0 amide bonds. The van der Waals surface area contributed by atoms with Crippen LogP contribution in [0.15, 0.2) is 41.5 Å². The Balaban J connectivity index is 0.00000288. The number of aromatic nitrogens is 2. The summed E-state index contributed by atoms with van der Waals surface area (Å²) >= 11 is 0. The molecular formula is C16H23FIN5O. The molecule has 1 aromatic carbocycles. The third-order valence-electron chi connectivity index (χ3n) is 3.20. The zero-order valence-electron chi connectivity index (χ0n) is 13.8. The average molecular weight is 447 g/mol. The second kappa shape index (κ2) is 10.2. The van der Waals surface area contributed by atoms with Crippen LogP contribution in [0, 0.1) is 5.82 Å². The molecule has 1 aromatic heterocycles. The number of ether oxygens (including phenoxy) is 1. The second-order valence-corrected chi connectivity index (χ2v) is 5.25. The minimum atomic E-state index is -0.263. The summed E-state index contributed by atoms with van der Waals surface area (Å²) in [6.45, 7) is 3.08. The van der Waals surface area contributed by atoms with Crippen LogP contribution in [0.4, 0.5) is 4.39 Å². The van der Waals surface area contributed by atoms with E-state index in [1.807, 2.05) is 19.2 Å². The average Bonchev–Trinajstić information content (AvgIpc) is 2.97. The molecule has 2 aromatic rings. The van der Waals surface area contributed by atoms with Gasteiger partial charge in [-0.15, -0.1) is 24.0 Å². The molecule has 132 valence electrons. The molecule has 8 heteroatoms. The first kappa shape index (κ1) is 20.4. The Labute approximate surface area is 158 Å². The highest BCUT2D eigenvalue weighted by Gasteiger charge is 2.03. The Morgan fingerprint density at radius 1 is 1.38 bits per heavy atom. The topological polar surface area (TPSA) is 77.5 Å². The van der Waals surface area contributed by atoms with Crippen molar-refractivity contribution in [1.82, 2.24) is 15.1 Å². The van der Waals surface area contributed by atoms with Crippen molar-refractivity contribution in [3.63, 3.8) is 0 Å². The van der Waals surface area contributed by atoms with Gasteiger partial charge in [0.05, 0.1) is 18.0 Å². The van der Waals surface area contributed by atoms with E-state index in [9.17, 15) is 4.39 Å². The van der Waals surface area contributed by atoms with Crippen molar-refractivity contribution in [2.75, 3.05) is 20.3 Å². The van der Waals surface area contributed by atoms with Gasteiger partial charge in [0.25, 0.3) is 0 Å². The van der Waals surface area contributed by atoms with E-state index in [1.165, 1.54) is 12.1 Å². The quantitative estimate of drug-likeness (QED) is 0.387. The van der Waals surface area contributed by atoms with Gasteiger partial charge in [0.15, 0.2) is 5.96 Å². The van der Waals surface area contributed by atoms with Crippen molar-refractivity contribution in [2.24, 2.45) is 10.7 Å². The van der Waals surface area contributed by atoms with Gasteiger partial charge in [-0.2, -0.15) is 5.10 Å². The summed E-state index contributed by atoms with van der Waals surface area (Å²) in [4.78, 5) is 4.26. The Kier molecular flexibility index (Phi) is 8.69. The summed E-state index contributed by atoms with van der Waals surface area (Å²) in [7, 11) is 1.64. The second-order valence-electron chi connectivity index (χ2n) is 5.25. The lowest BCUT2D eigenvalue weighted by molar-refractivity contribution is 0.179. The lowest BCUT2D eigenvalue weighted by Gasteiger charge is -2.12. The number of guanidine groups is 1. The van der Waals surface area contributed by atoms with E-state index in [4.69, 9.17) is 10.5 Å². The van der Waals surface area contributed by atoms with Crippen LogP contribution in [0.2, 0.25) is 0 Å². The number of nitrogens with one attached hydrogen (secondary N) is 1. The summed E-state index contributed by atoms with van der Waals surface area (Å²) in [6.07, 6.45) is 2.52. The van der Waals surface area contributed by atoms with Crippen LogP contribution in [-0.2, 0) is 11.2 Å². The molecule has 6 nitrogen and oxygen atoms in total. The Bertz CT molecular complexity index is 644. The summed E-state index contributed by atoms with van der Waals surface area (Å²) in [5.41, 5.74) is 7.52. The van der Waals surface area contributed by atoms with E-state index in [-0.39, 0.29) is 35.8 Å². The van der Waals surface area contributed by atoms with Crippen LogP contribution in [-0.4, -0.2) is 42.0 Å². The van der Waals surface area contributed by atoms with Gasteiger partial charge < -0.3 is 15.8 Å². The number of nitrogens with two attached hydrogens (primary N) is 1. The van der Waals surface area contributed by atoms with Gasteiger partial charge in [-0.1, -0.05) is 0 Å². The first-order valence-electron chi connectivity index (χ1n) is 7.44. The van der Waals surface area contributed by atoms with E-state index in [0.717, 1.165) is 11.4 Å². The first-order valence-corrected chi connectivity index (χ1v) is 7.44. The molecule has 0 fully saturated rings. The van der Waals surface area contributed by atoms with Crippen molar-refractivity contribution >= 4 is 29.9 Å². The van der Waals surface area contributed by atoms with Gasteiger partial charge in [0.1, 0.15) is 5.82 Å². The van der Waals surface area contributed by atoms with Crippen LogP contribution < -0.4 is 11.1 Å². The van der Waals surface area contributed by atoms with Gasteiger partial charge in [-0.25, -0.2) is 9.07 Å².